The minimum atomic E-state index is -0.0355. The number of aryl methyl sites for hydroxylation is 1. The Morgan fingerprint density at radius 1 is 1.16 bits per heavy atom. The number of fused-ring (bicyclic) bond motifs is 1. The van der Waals surface area contributed by atoms with Crippen molar-refractivity contribution in [2.24, 2.45) is 5.92 Å². The molecule has 1 saturated heterocycles. The van der Waals surface area contributed by atoms with Crippen LogP contribution in [-0.2, 0) is 16.1 Å². The first kappa shape index (κ1) is 22.7. The van der Waals surface area contributed by atoms with Gasteiger partial charge in [-0.25, -0.2) is 0 Å². The number of hydrogen-bond acceptors (Lipinski definition) is 3. The molecule has 0 radical (unpaired) electrons. The maximum atomic E-state index is 13.7. The van der Waals surface area contributed by atoms with Crippen molar-refractivity contribution in [1.82, 2.24) is 10.2 Å². The number of rotatable bonds is 5. The largest absolute Gasteiger partial charge is 0.354 e. The summed E-state index contributed by atoms with van der Waals surface area (Å²) in [5.41, 5.74) is 3.37. The van der Waals surface area contributed by atoms with Crippen LogP contribution in [0.25, 0.3) is 6.08 Å². The van der Waals surface area contributed by atoms with E-state index in [1.54, 1.807) is 11.8 Å². The highest BCUT2D eigenvalue weighted by atomic mass is 32.2. The molecule has 1 N–H and O–H groups in total. The number of nitrogens with one attached hydrogen (secondary N) is 1. The molecule has 1 aliphatic heterocycles. The molecule has 2 fully saturated rings. The first-order valence-electron chi connectivity index (χ1n) is 11.5. The maximum Gasteiger partial charge on any atom is 0.260 e. The van der Waals surface area contributed by atoms with Gasteiger partial charge in [-0.3, -0.25) is 9.59 Å². The van der Waals surface area contributed by atoms with Gasteiger partial charge in [-0.15, -0.1) is 11.8 Å². The van der Waals surface area contributed by atoms with E-state index in [4.69, 9.17) is 0 Å². The summed E-state index contributed by atoms with van der Waals surface area (Å²) in [5.74, 6) is 0.162. The van der Waals surface area contributed by atoms with E-state index in [0.717, 1.165) is 35.3 Å². The number of hydrogen-bond donors (Lipinski definition) is 1. The van der Waals surface area contributed by atoms with Gasteiger partial charge in [0.25, 0.3) is 5.91 Å². The first-order chi connectivity index (χ1) is 15.4. The van der Waals surface area contributed by atoms with Crippen molar-refractivity contribution in [3.63, 3.8) is 0 Å². The summed E-state index contributed by atoms with van der Waals surface area (Å²) in [5, 5.41) is 3.39. The first-order valence-corrected chi connectivity index (χ1v) is 12.4. The second-order valence-corrected chi connectivity index (χ2v) is 10.5. The maximum absolute atomic E-state index is 13.7. The van der Waals surface area contributed by atoms with E-state index in [9.17, 15) is 9.59 Å². The van der Waals surface area contributed by atoms with E-state index in [0.29, 0.717) is 11.8 Å². The molecule has 1 heterocycles. The fourth-order valence-electron chi connectivity index (χ4n) is 4.72. The van der Waals surface area contributed by atoms with Crippen molar-refractivity contribution < 1.29 is 9.59 Å². The summed E-state index contributed by atoms with van der Waals surface area (Å²) in [4.78, 5) is 29.2. The molecule has 2 aliphatic rings. The fourth-order valence-corrected chi connectivity index (χ4v) is 6.14. The van der Waals surface area contributed by atoms with E-state index in [-0.39, 0.29) is 29.8 Å². The van der Waals surface area contributed by atoms with Crippen LogP contribution in [0.5, 0.6) is 0 Å². The lowest BCUT2D eigenvalue weighted by atomic mass is 9.83. The van der Waals surface area contributed by atoms with Crippen molar-refractivity contribution in [2.45, 2.75) is 63.9 Å². The molecular formula is C27H32N2O2S. The summed E-state index contributed by atoms with van der Waals surface area (Å²) in [6.07, 6.45) is 4.56. The average molecular weight is 449 g/mol. The molecule has 2 aromatic carbocycles. The Balaban J connectivity index is 1.62. The van der Waals surface area contributed by atoms with Gasteiger partial charge in [-0.05, 0) is 57.2 Å². The molecule has 168 valence electrons. The van der Waals surface area contributed by atoms with Gasteiger partial charge in [0, 0.05) is 29.8 Å². The van der Waals surface area contributed by atoms with Gasteiger partial charge in [-0.1, -0.05) is 60.2 Å². The van der Waals surface area contributed by atoms with Gasteiger partial charge in [-0.2, -0.15) is 0 Å². The molecule has 2 aromatic rings. The number of nitrogens with zero attached hydrogens (tertiary/aromatic N) is 1. The van der Waals surface area contributed by atoms with Crippen molar-refractivity contribution in [3.05, 3.63) is 76.2 Å². The van der Waals surface area contributed by atoms with Crippen LogP contribution in [0.1, 0.15) is 49.8 Å². The van der Waals surface area contributed by atoms with E-state index in [2.05, 4.69) is 30.4 Å². The number of carbonyl (C=O) groups is 2. The third kappa shape index (κ3) is 5.26. The highest BCUT2D eigenvalue weighted by Gasteiger charge is 2.44. The molecular weight excluding hydrogens is 416 g/mol. The fraction of sp³-hybridized carbons (Fsp3) is 0.407. The highest BCUT2D eigenvalue weighted by Crippen LogP contribution is 2.44. The molecule has 0 spiro atoms. The molecule has 0 bridgehead atoms. The molecule has 2 amide bonds. The molecule has 4 nitrogen and oxygen atoms in total. The lowest BCUT2D eigenvalue weighted by molar-refractivity contribution is -0.134. The van der Waals surface area contributed by atoms with Crippen LogP contribution in [0.4, 0.5) is 0 Å². The lowest BCUT2D eigenvalue weighted by Crippen LogP contribution is -2.54. The van der Waals surface area contributed by atoms with Crippen molar-refractivity contribution in [1.29, 1.82) is 0 Å². The molecule has 3 atom stereocenters. The SMILES string of the molecule is Cc1cccc(CN2C(=O)/C(=C/c3ccccc3)SC3CCC(C(=O)NC(C)C)CC32)c1. The van der Waals surface area contributed by atoms with Crippen molar-refractivity contribution in [3.8, 4) is 0 Å². The lowest BCUT2D eigenvalue weighted by Gasteiger charge is -2.46. The average Bonchev–Trinajstić information content (AvgIpc) is 2.76. The van der Waals surface area contributed by atoms with Gasteiger partial charge >= 0.3 is 0 Å². The van der Waals surface area contributed by atoms with Crippen LogP contribution in [0.2, 0.25) is 0 Å². The number of carbonyl (C=O) groups excluding carboxylic acids is 2. The molecule has 1 aliphatic carbocycles. The Labute approximate surface area is 195 Å². The monoisotopic (exact) mass is 448 g/mol. The van der Waals surface area contributed by atoms with Crippen LogP contribution in [0.15, 0.2) is 59.5 Å². The van der Waals surface area contributed by atoms with E-state index < -0.39 is 0 Å². The molecule has 1 saturated carbocycles. The summed E-state index contributed by atoms with van der Waals surface area (Å²) in [6.45, 7) is 6.64. The van der Waals surface area contributed by atoms with Gasteiger partial charge in [0.1, 0.15) is 0 Å². The zero-order chi connectivity index (χ0) is 22.7. The Hall–Kier alpha value is -2.53. The predicted octanol–water partition coefficient (Wildman–Crippen LogP) is 5.17. The summed E-state index contributed by atoms with van der Waals surface area (Å²) in [7, 11) is 0. The molecule has 0 aromatic heterocycles. The topological polar surface area (TPSA) is 49.4 Å². The Morgan fingerprint density at radius 3 is 2.66 bits per heavy atom. The number of benzene rings is 2. The summed E-state index contributed by atoms with van der Waals surface area (Å²) in [6, 6.07) is 18.6. The van der Waals surface area contributed by atoms with Crippen molar-refractivity contribution >= 4 is 29.7 Å². The summed E-state index contributed by atoms with van der Waals surface area (Å²) >= 11 is 1.70. The Morgan fingerprint density at radius 2 is 1.94 bits per heavy atom. The minimum Gasteiger partial charge on any atom is -0.354 e. The van der Waals surface area contributed by atoms with Crippen LogP contribution in [0.3, 0.4) is 0 Å². The standard InChI is InChI=1S/C27H32N2O2S/c1-18(2)28-26(30)22-12-13-24-23(16-22)29(17-21-11-7-8-19(3)14-21)27(31)25(32-24)15-20-9-5-4-6-10-20/h4-11,14-15,18,22-24H,12-13,16-17H2,1-3H3,(H,28,30)/b25-15-. The second-order valence-electron chi connectivity index (χ2n) is 9.24. The van der Waals surface area contributed by atoms with Crippen molar-refractivity contribution in [2.75, 3.05) is 0 Å². The predicted molar refractivity (Wildman–Crippen MR) is 132 cm³/mol. The molecule has 32 heavy (non-hydrogen) atoms. The Kier molecular flexibility index (Phi) is 7.04. The quantitative estimate of drug-likeness (QED) is 0.642. The molecule has 3 unspecified atom stereocenters. The van der Waals surface area contributed by atoms with E-state index >= 15 is 0 Å². The highest BCUT2D eigenvalue weighted by molar-refractivity contribution is 8.04. The van der Waals surface area contributed by atoms with Crippen LogP contribution in [0, 0.1) is 12.8 Å². The smallest absolute Gasteiger partial charge is 0.260 e. The normalized spacial score (nSPS) is 24.5. The Bertz CT molecular complexity index is 1000. The van der Waals surface area contributed by atoms with Crippen LogP contribution < -0.4 is 5.32 Å². The van der Waals surface area contributed by atoms with Gasteiger partial charge in [0.15, 0.2) is 0 Å². The third-order valence-electron chi connectivity index (χ3n) is 6.24. The minimum absolute atomic E-state index is 0.0355. The van der Waals surface area contributed by atoms with Gasteiger partial charge in [0.05, 0.1) is 4.91 Å². The zero-order valence-electron chi connectivity index (χ0n) is 19.1. The van der Waals surface area contributed by atoms with Crippen LogP contribution >= 0.6 is 11.8 Å². The molecule has 4 rings (SSSR count). The second kappa shape index (κ2) is 9.95. The third-order valence-corrected chi connectivity index (χ3v) is 7.64. The molecule has 5 heteroatoms. The summed E-state index contributed by atoms with van der Waals surface area (Å²) < 4.78 is 0. The van der Waals surface area contributed by atoms with Gasteiger partial charge in [0.2, 0.25) is 5.91 Å². The zero-order valence-corrected chi connectivity index (χ0v) is 19.9. The van der Waals surface area contributed by atoms with Crippen LogP contribution in [-0.4, -0.2) is 34.0 Å². The van der Waals surface area contributed by atoms with E-state index in [1.165, 1.54) is 5.56 Å². The number of amides is 2. The van der Waals surface area contributed by atoms with E-state index in [1.807, 2.05) is 61.2 Å². The number of thioether (sulfide) groups is 1. The van der Waals surface area contributed by atoms with Gasteiger partial charge < -0.3 is 10.2 Å².